The van der Waals surface area contributed by atoms with Gasteiger partial charge >= 0.3 is 0 Å². The molecule has 4 rings (SSSR count). The minimum atomic E-state index is -0.157. The molecule has 0 radical (unpaired) electrons. The van der Waals surface area contributed by atoms with Gasteiger partial charge in [-0.3, -0.25) is 9.59 Å². The van der Waals surface area contributed by atoms with Crippen molar-refractivity contribution in [2.24, 2.45) is 11.8 Å². The third-order valence-electron chi connectivity index (χ3n) is 7.74. The molecule has 0 spiro atoms. The van der Waals surface area contributed by atoms with Crippen molar-refractivity contribution in [3.05, 3.63) is 102 Å². The monoisotopic (exact) mass is 484 g/mol. The van der Waals surface area contributed by atoms with E-state index in [-0.39, 0.29) is 23.1 Å². The molecule has 1 saturated carbocycles. The van der Waals surface area contributed by atoms with Crippen LogP contribution in [0.4, 0.5) is 0 Å². The molecule has 0 aliphatic heterocycles. The lowest BCUT2D eigenvalue weighted by Gasteiger charge is -2.42. The Balaban J connectivity index is 1.41. The van der Waals surface area contributed by atoms with E-state index in [1.165, 1.54) is 5.56 Å². The Morgan fingerprint density at radius 1 is 0.889 bits per heavy atom. The van der Waals surface area contributed by atoms with E-state index in [0.29, 0.717) is 30.3 Å². The second kappa shape index (κ2) is 11.9. The number of amides is 2. The van der Waals surface area contributed by atoms with Gasteiger partial charge in [-0.2, -0.15) is 0 Å². The van der Waals surface area contributed by atoms with Crippen molar-refractivity contribution in [2.75, 3.05) is 13.7 Å². The van der Waals surface area contributed by atoms with Crippen LogP contribution < -0.4 is 15.4 Å². The van der Waals surface area contributed by atoms with Gasteiger partial charge in [0.05, 0.1) is 12.7 Å². The van der Waals surface area contributed by atoms with Crippen LogP contribution in [0.3, 0.4) is 0 Å². The molecule has 36 heavy (non-hydrogen) atoms. The third-order valence-corrected chi connectivity index (χ3v) is 7.74. The molecule has 0 heterocycles. The van der Waals surface area contributed by atoms with Crippen LogP contribution in [0.2, 0.25) is 0 Å². The van der Waals surface area contributed by atoms with Crippen LogP contribution in [-0.2, 0) is 16.8 Å². The Hall–Kier alpha value is -3.60. The Bertz CT molecular complexity index is 1140. The van der Waals surface area contributed by atoms with Crippen molar-refractivity contribution in [3.63, 3.8) is 0 Å². The summed E-state index contributed by atoms with van der Waals surface area (Å²) in [6, 6.07) is 27.8. The van der Waals surface area contributed by atoms with Gasteiger partial charge in [0, 0.05) is 24.4 Å². The fourth-order valence-electron chi connectivity index (χ4n) is 5.39. The molecule has 0 bridgehead atoms. The molecule has 1 aliphatic carbocycles. The van der Waals surface area contributed by atoms with Gasteiger partial charge < -0.3 is 15.4 Å². The zero-order chi connectivity index (χ0) is 25.4. The molecule has 0 aromatic heterocycles. The van der Waals surface area contributed by atoms with E-state index < -0.39 is 0 Å². The Morgan fingerprint density at radius 2 is 1.50 bits per heavy atom. The number of benzene rings is 3. The number of ether oxygens (including phenoxy) is 1. The lowest BCUT2D eigenvalue weighted by molar-refractivity contribution is -0.126. The fraction of sp³-hybridized carbons (Fsp3) is 0.355. The quantitative estimate of drug-likeness (QED) is 0.421. The summed E-state index contributed by atoms with van der Waals surface area (Å²) in [6.45, 7) is 3.15. The number of carbonyl (C=O) groups is 2. The van der Waals surface area contributed by atoms with Gasteiger partial charge in [-0.25, -0.2) is 0 Å². The number of rotatable bonds is 9. The molecule has 188 valence electrons. The second-order valence-electron chi connectivity index (χ2n) is 9.86. The summed E-state index contributed by atoms with van der Waals surface area (Å²) in [5.41, 5.74) is 2.73. The largest absolute Gasteiger partial charge is 0.496 e. The number of carbonyl (C=O) groups excluding carboxylic acids is 2. The topological polar surface area (TPSA) is 67.4 Å². The highest BCUT2D eigenvalue weighted by Gasteiger charge is 2.39. The molecule has 5 heteroatoms. The number of hydrogen-bond acceptors (Lipinski definition) is 3. The fourth-order valence-corrected chi connectivity index (χ4v) is 5.39. The standard InChI is InChI=1S/C31H36N2O3/c1-23(29(34)32-21-24-11-5-3-6-12-24)25-17-19-31(20-18-25,26-13-7-4-8-14-26)22-33-30(35)27-15-9-10-16-28(27)36-2/h3-16,23,25H,17-22H2,1-2H3,(H,32,34)(H,33,35). The predicted molar refractivity (Wildman–Crippen MR) is 143 cm³/mol. The van der Waals surface area contributed by atoms with Crippen LogP contribution in [-0.4, -0.2) is 25.5 Å². The maximum atomic E-state index is 13.0. The maximum absolute atomic E-state index is 13.0. The van der Waals surface area contributed by atoms with E-state index in [0.717, 1.165) is 31.2 Å². The zero-order valence-corrected chi connectivity index (χ0v) is 21.2. The molecule has 3 aromatic carbocycles. The average molecular weight is 485 g/mol. The first kappa shape index (κ1) is 25.5. The number of para-hydroxylation sites is 1. The normalized spacial score (nSPS) is 20.2. The van der Waals surface area contributed by atoms with Gasteiger partial charge in [-0.1, -0.05) is 79.7 Å². The van der Waals surface area contributed by atoms with Gasteiger partial charge in [0.1, 0.15) is 5.75 Å². The summed E-state index contributed by atoms with van der Waals surface area (Å²) in [5.74, 6) is 0.829. The molecular formula is C31H36N2O3. The van der Waals surface area contributed by atoms with Crippen molar-refractivity contribution in [1.29, 1.82) is 0 Å². The van der Waals surface area contributed by atoms with Crippen molar-refractivity contribution in [3.8, 4) is 5.75 Å². The molecule has 1 atom stereocenters. The summed E-state index contributed by atoms with van der Waals surface area (Å²) in [6.07, 6.45) is 3.73. The van der Waals surface area contributed by atoms with Gasteiger partial charge in [0.15, 0.2) is 0 Å². The van der Waals surface area contributed by atoms with Crippen molar-refractivity contribution >= 4 is 11.8 Å². The smallest absolute Gasteiger partial charge is 0.255 e. The van der Waals surface area contributed by atoms with E-state index in [4.69, 9.17) is 4.74 Å². The van der Waals surface area contributed by atoms with E-state index >= 15 is 0 Å². The van der Waals surface area contributed by atoms with E-state index in [1.807, 2.05) is 55.5 Å². The molecule has 2 amide bonds. The molecule has 1 unspecified atom stereocenters. The lowest BCUT2D eigenvalue weighted by Crippen LogP contribution is -2.45. The zero-order valence-electron chi connectivity index (χ0n) is 21.2. The van der Waals surface area contributed by atoms with Crippen molar-refractivity contribution in [1.82, 2.24) is 10.6 Å². The first-order chi connectivity index (χ1) is 17.5. The molecular weight excluding hydrogens is 448 g/mol. The Morgan fingerprint density at radius 3 is 2.17 bits per heavy atom. The minimum Gasteiger partial charge on any atom is -0.496 e. The summed E-state index contributed by atoms with van der Waals surface area (Å²) in [7, 11) is 1.58. The summed E-state index contributed by atoms with van der Waals surface area (Å²) >= 11 is 0. The number of nitrogens with one attached hydrogen (secondary N) is 2. The van der Waals surface area contributed by atoms with Gasteiger partial charge in [-0.15, -0.1) is 0 Å². The lowest BCUT2D eigenvalue weighted by atomic mass is 9.64. The first-order valence-corrected chi connectivity index (χ1v) is 12.8. The van der Waals surface area contributed by atoms with Crippen LogP contribution in [0, 0.1) is 11.8 Å². The van der Waals surface area contributed by atoms with Crippen LogP contribution in [0.1, 0.15) is 54.1 Å². The van der Waals surface area contributed by atoms with Gasteiger partial charge in [0.25, 0.3) is 5.91 Å². The summed E-state index contributed by atoms with van der Waals surface area (Å²) in [5, 5.41) is 6.30. The van der Waals surface area contributed by atoms with E-state index in [1.54, 1.807) is 19.2 Å². The highest BCUT2D eigenvalue weighted by molar-refractivity contribution is 5.97. The second-order valence-corrected chi connectivity index (χ2v) is 9.86. The third kappa shape index (κ3) is 5.96. The summed E-state index contributed by atoms with van der Waals surface area (Å²) < 4.78 is 5.38. The van der Waals surface area contributed by atoms with Gasteiger partial charge in [-0.05, 0) is 54.9 Å². The SMILES string of the molecule is COc1ccccc1C(=O)NCC1(c2ccccc2)CCC(C(C)C(=O)NCc2ccccc2)CC1. The number of hydrogen-bond donors (Lipinski definition) is 2. The predicted octanol–water partition coefficient (Wildman–Crippen LogP) is 5.51. The first-order valence-electron chi connectivity index (χ1n) is 12.8. The maximum Gasteiger partial charge on any atom is 0.255 e. The van der Waals surface area contributed by atoms with Crippen molar-refractivity contribution in [2.45, 2.75) is 44.6 Å². The molecule has 2 N–H and O–H groups in total. The molecule has 3 aromatic rings. The van der Waals surface area contributed by atoms with Crippen LogP contribution in [0.5, 0.6) is 5.75 Å². The van der Waals surface area contributed by atoms with Gasteiger partial charge in [0.2, 0.25) is 5.91 Å². The molecule has 1 aliphatic rings. The highest BCUT2D eigenvalue weighted by atomic mass is 16.5. The van der Waals surface area contributed by atoms with Crippen molar-refractivity contribution < 1.29 is 14.3 Å². The average Bonchev–Trinajstić information content (AvgIpc) is 2.95. The van der Waals surface area contributed by atoms with Crippen LogP contribution in [0.15, 0.2) is 84.9 Å². The highest BCUT2D eigenvalue weighted by Crippen LogP contribution is 2.43. The molecule has 1 fully saturated rings. The van der Waals surface area contributed by atoms with E-state index in [2.05, 4.69) is 34.9 Å². The molecule has 0 saturated heterocycles. The van der Waals surface area contributed by atoms with E-state index in [9.17, 15) is 9.59 Å². The Kier molecular flexibility index (Phi) is 8.42. The summed E-state index contributed by atoms with van der Waals surface area (Å²) in [4.78, 5) is 25.9. The number of methoxy groups -OCH3 is 1. The minimum absolute atomic E-state index is 0.0503. The molecule has 5 nitrogen and oxygen atoms in total. The Labute approximate surface area is 214 Å². The van der Waals surface area contributed by atoms with Crippen LogP contribution >= 0.6 is 0 Å². The van der Waals surface area contributed by atoms with Crippen LogP contribution in [0.25, 0.3) is 0 Å².